The number of benzene rings is 2. The van der Waals surface area contributed by atoms with Gasteiger partial charge in [-0.15, -0.1) is 0 Å². The van der Waals surface area contributed by atoms with Gasteiger partial charge < -0.3 is 5.02 Å². The van der Waals surface area contributed by atoms with Crippen LogP contribution in [0.25, 0.3) is 0 Å². The number of fused-ring (bicyclic) bond motifs is 1. The first kappa shape index (κ1) is 12.4. The van der Waals surface area contributed by atoms with Crippen LogP contribution in [0.1, 0.15) is 22.6 Å². The van der Waals surface area contributed by atoms with Crippen LogP contribution in [0.5, 0.6) is 0 Å². The highest BCUT2D eigenvalue weighted by molar-refractivity contribution is 6.68. The van der Waals surface area contributed by atoms with Gasteiger partial charge in [0.1, 0.15) is 5.82 Å². The monoisotopic (exact) mass is 254 g/mol. The molecule has 2 aromatic rings. The van der Waals surface area contributed by atoms with E-state index in [1.165, 1.54) is 17.2 Å². The molecule has 0 aliphatic carbocycles. The van der Waals surface area contributed by atoms with Crippen molar-refractivity contribution < 1.29 is 9.41 Å². The number of halogens is 1. The van der Waals surface area contributed by atoms with E-state index in [9.17, 15) is 9.41 Å². The molecule has 0 radical (unpaired) electrons. The van der Waals surface area contributed by atoms with Crippen molar-refractivity contribution in [3.63, 3.8) is 0 Å². The second kappa shape index (κ2) is 4.82. The number of rotatable bonds is 2. The zero-order valence-corrected chi connectivity index (χ0v) is 10.9. The van der Waals surface area contributed by atoms with Crippen LogP contribution >= 0.6 is 0 Å². The average Bonchev–Trinajstić information content (AvgIpc) is 2.69. The quantitative estimate of drug-likeness (QED) is 0.817. The predicted molar refractivity (Wildman–Crippen MR) is 76.4 cm³/mol. The first-order chi connectivity index (χ1) is 9.13. The summed E-state index contributed by atoms with van der Waals surface area (Å²) in [6.07, 6.45) is 1.54. The Hall–Kier alpha value is -1.61. The Morgan fingerprint density at radius 2 is 1.95 bits per heavy atom. The van der Waals surface area contributed by atoms with Crippen molar-refractivity contribution in [2.45, 2.75) is 25.6 Å². The van der Waals surface area contributed by atoms with Crippen molar-refractivity contribution in [2.24, 2.45) is 0 Å². The third kappa shape index (κ3) is 2.43. The molecule has 1 aliphatic rings. The fourth-order valence-electron chi connectivity index (χ4n) is 2.93. The highest BCUT2D eigenvalue weighted by Gasteiger charge is 2.33. The largest absolute Gasteiger partial charge is 0.446 e. The average molecular weight is 254 g/mol. The Kier molecular flexibility index (Phi) is 3.15. The van der Waals surface area contributed by atoms with Crippen molar-refractivity contribution in [1.29, 1.82) is 0 Å². The van der Waals surface area contributed by atoms with Crippen LogP contribution in [0.2, 0.25) is 6.32 Å². The fourth-order valence-corrected chi connectivity index (χ4v) is 2.93. The number of hydrogen-bond donors (Lipinski definition) is 1. The first-order valence-electron chi connectivity index (χ1n) is 6.66. The first-order valence-corrected chi connectivity index (χ1v) is 6.66. The molecule has 0 aromatic heterocycles. The van der Waals surface area contributed by atoms with Gasteiger partial charge in [-0.05, 0) is 54.3 Å². The zero-order chi connectivity index (χ0) is 13.4. The van der Waals surface area contributed by atoms with Crippen LogP contribution in [-0.2, 0) is 6.42 Å². The maximum Gasteiger partial charge on any atom is 0.324 e. The summed E-state index contributed by atoms with van der Waals surface area (Å²) in [4.78, 5) is 0. The van der Waals surface area contributed by atoms with Crippen LogP contribution in [0.4, 0.5) is 4.39 Å². The highest BCUT2D eigenvalue weighted by atomic mass is 19.1. The summed E-state index contributed by atoms with van der Waals surface area (Å²) < 4.78 is 13.4. The molecule has 19 heavy (non-hydrogen) atoms. The van der Waals surface area contributed by atoms with Crippen LogP contribution in [0, 0.1) is 12.7 Å². The molecule has 0 spiro atoms. The molecule has 0 saturated heterocycles. The van der Waals surface area contributed by atoms with E-state index in [0.29, 0.717) is 6.32 Å². The Balaban J connectivity index is 1.88. The molecular formula is C16H16BFO. The van der Waals surface area contributed by atoms with Gasteiger partial charge >= 0.3 is 6.92 Å². The van der Waals surface area contributed by atoms with Gasteiger partial charge in [-0.1, -0.05) is 35.9 Å². The molecular weight excluding hydrogens is 238 g/mol. The van der Waals surface area contributed by atoms with E-state index in [-0.39, 0.29) is 11.7 Å². The summed E-state index contributed by atoms with van der Waals surface area (Å²) in [5.41, 5.74) is 4.33. The Morgan fingerprint density at radius 1 is 1.21 bits per heavy atom. The Morgan fingerprint density at radius 3 is 2.68 bits per heavy atom. The molecule has 1 nitrogen and oxygen atoms in total. The third-order valence-corrected chi connectivity index (χ3v) is 3.96. The minimum absolute atomic E-state index is 0.211. The van der Waals surface area contributed by atoms with Crippen LogP contribution in [-0.4, -0.2) is 11.9 Å². The third-order valence-electron chi connectivity index (χ3n) is 3.96. The van der Waals surface area contributed by atoms with Gasteiger partial charge in [0.15, 0.2) is 0 Å². The van der Waals surface area contributed by atoms with Gasteiger partial charge in [-0.2, -0.15) is 0 Å². The van der Waals surface area contributed by atoms with Gasteiger partial charge in [0.25, 0.3) is 0 Å². The molecule has 3 rings (SSSR count). The van der Waals surface area contributed by atoms with E-state index in [1.807, 2.05) is 0 Å². The van der Waals surface area contributed by atoms with E-state index < -0.39 is 6.92 Å². The molecule has 1 atom stereocenters. The molecule has 1 heterocycles. The van der Waals surface area contributed by atoms with E-state index in [0.717, 1.165) is 17.4 Å². The lowest BCUT2D eigenvalue weighted by atomic mass is 9.62. The van der Waals surface area contributed by atoms with Crippen LogP contribution in [0.15, 0.2) is 42.5 Å². The number of aryl methyl sites for hydroxylation is 1. The molecule has 0 bridgehead atoms. The maximum absolute atomic E-state index is 13.4. The van der Waals surface area contributed by atoms with Gasteiger partial charge in [-0.25, -0.2) is 4.39 Å². The molecule has 1 unspecified atom stereocenters. The summed E-state index contributed by atoms with van der Waals surface area (Å²) in [6.45, 7) is 1.61. The van der Waals surface area contributed by atoms with Crippen molar-refractivity contribution in [3.05, 3.63) is 65.0 Å². The lowest BCUT2D eigenvalue weighted by molar-refractivity contribution is 0.578. The normalized spacial score (nSPS) is 17.6. The lowest BCUT2D eigenvalue weighted by Crippen LogP contribution is -2.25. The standard InChI is InChI=1S/C16H16BFO/c1-11-2-4-12(5-3-11)8-13-10-17(19)16-7-6-14(18)9-15(13)16/h2-7,9,13,19H,8,10H2,1H3. The Bertz CT molecular complexity index is 594. The zero-order valence-electron chi connectivity index (χ0n) is 10.9. The molecule has 1 aliphatic heterocycles. The summed E-state index contributed by atoms with van der Waals surface area (Å²) >= 11 is 0. The topological polar surface area (TPSA) is 20.2 Å². The van der Waals surface area contributed by atoms with Crippen molar-refractivity contribution in [3.8, 4) is 0 Å². The van der Waals surface area contributed by atoms with Gasteiger partial charge in [0.2, 0.25) is 0 Å². The second-order valence-corrected chi connectivity index (χ2v) is 5.41. The van der Waals surface area contributed by atoms with Crippen LogP contribution in [0.3, 0.4) is 0 Å². The fraction of sp³-hybridized carbons (Fsp3) is 0.250. The molecule has 0 amide bonds. The summed E-state index contributed by atoms with van der Waals surface area (Å²) in [6, 6.07) is 13.1. The molecule has 0 fully saturated rings. The van der Waals surface area contributed by atoms with E-state index in [4.69, 9.17) is 0 Å². The second-order valence-electron chi connectivity index (χ2n) is 5.41. The predicted octanol–water partition coefficient (Wildman–Crippen LogP) is 2.66. The number of hydrogen-bond acceptors (Lipinski definition) is 1. The summed E-state index contributed by atoms with van der Waals surface area (Å²) in [5.74, 6) is -0.00911. The lowest BCUT2D eigenvalue weighted by Gasteiger charge is -2.12. The summed E-state index contributed by atoms with van der Waals surface area (Å²) in [7, 11) is 0. The SMILES string of the molecule is Cc1ccc(CC2CB(O)c3ccc(F)cc32)cc1. The Labute approximate surface area is 113 Å². The highest BCUT2D eigenvalue weighted by Crippen LogP contribution is 2.31. The maximum atomic E-state index is 13.4. The molecule has 0 saturated carbocycles. The smallest absolute Gasteiger partial charge is 0.324 e. The van der Waals surface area contributed by atoms with Crippen LogP contribution < -0.4 is 5.46 Å². The van der Waals surface area contributed by atoms with Crippen molar-refractivity contribution in [2.75, 3.05) is 0 Å². The van der Waals surface area contributed by atoms with E-state index in [1.54, 1.807) is 12.1 Å². The molecule has 96 valence electrons. The van der Waals surface area contributed by atoms with E-state index in [2.05, 4.69) is 31.2 Å². The summed E-state index contributed by atoms with van der Waals surface area (Å²) in [5, 5.41) is 10.0. The van der Waals surface area contributed by atoms with Gasteiger partial charge in [0, 0.05) is 0 Å². The van der Waals surface area contributed by atoms with Gasteiger partial charge in [-0.3, -0.25) is 0 Å². The van der Waals surface area contributed by atoms with Crippen molar-refractivity contribution >= 4 is 12.4 Å². The minimum Gasteiger partial charge on any atom is -0.446 e. The minimum atomic E-state index is -0.453. The molecule has 2 aromatic carbocycles. The van der Waals surface area contributed by atoms with Gasteiger partial charge in [0.05, 0.1) is 0 Å². The van der Waals surface area contributed by atoms with Crippen molar-refractivity contribution in [1.82, 2.24) is 0 Å². The molecule has 3 heteroatoms. The molecule has 1 N–H and O–H groups in total. The van der Waals surface area contributed by atoms with E-state index >= 15 is 0 Å².